The molecule has 0 bridgehead atoms. The fourth-order valence-electron chi connectivity index (χ4n) is 2.41. The third-order valence-electron chi connectivity index (χ3n) is 3.29. The second-order valence-electron chi connectivity index (χ2n) is 4.38. The van der Waals surface area contributed by atoms with Gasteiger partial charge < -0.3 is 10.0 Å². The van der Waals surface area contributed by atoms with Gasteiger partial charge in [-0.3, -0.25) is 0 Å². The Bertz CT molecular complexity index is 319. The molecule has 1 aliphatic carbocycles. The predicted octanol–water partition coefficient (Wildman–Crippen LogP) is 1.41. The normalized spacial score (nSPS) is 17.7. The SMILES string of the molecule is OB(O)c1cccc(C2CCCCC2)c1. The van der Waals surface area contributed by atoms with Crippen molar-refractivity contribution in [2.45, 2.75) is 38.0 Å². The summed E-state index contributed by atoms with van der Waals surface area (Å²) in [4.78, 5) is 0. The van der Waals surface area contributed by atoms with Gasteiger partial charge in [0, 0.05) is 0 Å². The summed E-state index contributed by atoms with van der Waals surface area (Å²) in [6.07, 6.45) is 6.43. The highest BCUT2D eigenvalue weighted by molar-refractivity contribution is 6.58. The lowest BCUT2D eigenvalue weighted by atomic mass is 9.76. The fraction of sp³-hybridized carbons (Fsp3) is 0.500. The van der Waals surface area contributed by atoms with Gasteiger partial charge >= 0.3 is 7.12 Å². The van der Waals surface area contributed by atoms with Gasteiger partial charge in [0.1, 0.15) is 0 Å². The van der Waals surface area contributed by atoms with Crippen molar-refractivity contribution in [1.82, 2.24) is 0 Å². The summed E-state index contributed by atoms with van der Waals surface area (Å²) >= 11 is 0. The molecule has 15 heavy (non-hydrogen) atoms. The van der Waals surface area contributed by atoms with Crippen LogP contribution < -0.4 is 5.46 Å². The third kappa shape index (κ3) is 2.61. The van der Waals surface area contributed by atoms with Crippen LogP contribution in [0.5, 0.6) is 0 Å². The van der Waals surface area contributed by atoms with E-state index in [0.717, 1.165) is 0 Å². The molecule has 1 fully saturated rings. The van der Waals surface area contributed by atoms with Crippen LogP contribution in [0.15, 0.2) is 24.3 Å². The van der Waals surface area contributed by atoms with Crippen LogP contribution in [0.4, 0.5) is 0 Å². The molecule has 0 aliphatic heterocycles. The lowest BCUT2D eigenvalue weighted by molar-refractivity contribution is 0.425. The lowest BCUT2D eigenvalue weighted by Crippen LogP contribution is -2.30. The molecule has 0 heterocycles. The van der Waals surface area contributed by atoms with Crippen molar-refractivity contribution >= 4 is 12.6 Å². The quantitative estimate of drug-likeness (QED) is 0.715. The molecule has 2 rings (SSSR count). The maximum atomic E-state index is 9.10. The highest BCUT2D eigenvalue weighted by Gasteiger charge is 2.17. The molecule has 0 spiro atoms. The van der Waals surface area contributed by atoms with Gasteiger partial charge in [-0.25, -0.2) is 0 Å². The minimum atomic E-state index is -1.34. The first-order valence-electron chi connectivity index (χ1n) is 5.73. The second-order valence-corrected chi connectivity index (χ2v) is 4.38. The van der Waals surface area contributed by atoms with E-state index in [1.165, 1.54) is 37.7 Å². The highest BCUT2D eigenvalue weighted by Crippen LogP contribution is 2.31. The molecule has 0 radical (unpaired) electrons. The zero-order valence-electron chi connectivity index (χ0n) is 8.89. The molecular weight excluding hydrogens is 187 g/mol. The Kier molecular flexibility index (Phi) is 3.44. The van der Waals surface area contributed by atoms with Crippen molar-refractivity contribution < 1.29 is 10.0 Å². The van der Waals surface area contributed by atoms with Crippen molar-refractivity contribution in [1.29, 1.82) is 0 Å². The Morgan fingerprint density at radius 2 is 1.80 bits per heavy atom. The molecule has 0 saturated heterocycles. The van der Waals surface area contributed by atoms with Crippen molar-refractivity contribution in [3.8, 4) is 0 Å². The molecule has 1 saturated carbocycles. The molecule has 80 valence electrons. The molecule has 0 aromatic heterocycles. The molecule has 3 heteroatoms. The minimum absolute atomic E-state index is 0.609. The van der Waals surface area contributed by atoms with E-state index in [1.807, 2.05) is 12.1 Å². The Balaban J connectivity index is 2.16. The van der Waals surface area contributed by atoms with Gasteiger partial charge in [-0.1, -0.05) is 43.5 Å². The maximum Gasteiger partial charge on any atom is 0.488 e. The molecule has 1 aromatic carbocycles. The molecule has 1 aliphatic rings. The molecule has 2 N–H and O–H groups in total. The monoisotopic (exact) mass is 204 g/mol. The van der Waals surface area contributed by atoms with E-state index >= 15 is 0 Å². The largest absolute Gasteiger partial charge is 0.488 e. The Hall–Kier alpha value is -0.795. The first-order chi connectivity index (χ1) is 7.27. The van der Waals surface area contributed by atoms with Crippen LogP contribution in [0.3, 0.4) is 0 Å². The molecule has 0 atom stereocenters. The number of benzene rings is 1. The van der Waals surface area contributed by atoms with Gasteiger partial charge in [-0.15, -0.1) is 0 Å². The van der Waals surface area contributed by atoms with Gasteiger partial charge in [0.2, 0.25) is 0 Å². The zero-order chi connectivity index (χ0) is 10.7. The van der Waals surface area contributed by atoms with Crippen LogP contribution in [0.25, 0.3) is 0 Å². The van der Waals surface area contributed by atoms with Gasteiger partial charge in [0.15, 0.2) is 0 Å². The fourth-order valence-corrected chi connectivity index (χ4v) is 2.41. The highest BCUT2D eigenvalue weighted by atomic mass is 16.4. The van der Waals surface area contributed by atoms with E-state index in [1.54, 1.807) is 6.07 Å². The Labute approximate surface area is 91.1 Å². The van der Waals surface area contributed by atoms with Crippen molar-refractivity contribution in [3.63, 3.8) is 0 Å². The Morgan fingerprint density at radius 1 is 1.07 bits per heavy atom. The standard InChI is InChI=1S/C12H17BO2/c14-13(15)12-8-4-7-11(9-12)10-5-2-1-3-6-10/h4,7-10,14-15H,1-3,5-6H2. The van der Waals surface area contributed by atoms with E-state index in [0.29, 0.717) is 11.4 Å². The summed E-state index contributed by atoms with van der Waals surface area (Å²) < 4.78 is 0. The van der Waals surface area contributed by atoms with Gasteiger partial charge in [0.25, 0.3) is 0 Å². The molecule has 1 aromatic rings. The number of hydrogen-bond donors (Lipinski definition) is 2. The lowest BCUT2D eigenvalue weighted by Gasteiger charge is -2.22. The van der Waals surface area contributed by atoms with Crippen molar-refractivity contribution in [2.24, 2.45) is 0 Å². The van der Waals surface area contributed by atoms with Gasteiger partial charge in [-0.2, -0.15) is 0 Å². The number of rotatable bonds is 2. The molecular formula is C12H17BO2. The van der Waals surface area contributed by atoms with E-state index in [9.17, 15) is 0 Å². The first kappa shape index (κ1) is 10.7. The van der Waals surface area contributed by atoms with Crippen LogP contribution >= 0.6 is 0 Å². The zero-order valence-corrected chi connectivity index (χ0v) is 8.89. The third-order valence-corrected chi connectivity index (χ3v) is 3.29. The van der Waals surface area contributed by atoms with E-state index < -0.39 is 7.12 Å². The van der Waals surface area contributed by atoms with Crippen molar-refractivity contribution in [2.75, 3.05) is 0 Å². The molecule has 2 nitrogen and oxygen atoms in total. The van der Waals surface area contributed by atoms with Crippen LogP contribution in [-0.4, -0.2) is 17.2 Å². The van der Waals surface area contributed by atoms with E-state index in [4.69, 9.17) is 10.0 Å². The molecule has 0 unspecified atom stereocenters. The summed E-state index contributed by atoms with van der Waals surface area (Å²) in [5.41, 5.74) is 1.87. The summed E-state index contributed by atoms with van der Waals surface area (Å²) in [6.45, 7) is 0. The Morgan fingerprint density at radius 3 is 2.47 bits per heavy atom. The van der Waals surface area contributed by atoms with Gasteiger partial charge in [-0.05, 0) is 29.8 Å². The summed E-state index contributed by atoms with van der Waals surface area (Å²) in [5.74, 6) is 0.623. The first-order valence-corrected chi connectivity index (χ1v) is 5.73. The summed E-state index contributed by atoms with van der Waals surface area (Å²) in [5, 5.41) is 18.2. The van der Waals surface area contributed by atoms with Crippen LogP contribution in [0.1, 0.15) is 43.6 Å². The van der Waals surface area contributed by atoms with Crippen LogP contribution in [0, 0.1) is 0 Å². The van der Waals surface area contributed by atoms with Crippen LogP contribution in [-0.2, 0) is 0 Å². The smallest absolute Gasteiger partial charge is 0.423 e. The second kappa shape index (κ2) is 4.82. The van der Waals surface area contributed by atoms with E-state index in [-0.39, 0.29) is 0 Å². The van der Waals surface area contributed by atoms with Gasteiger partial charge in [0.05, 0.1) is 0 Å². The summed E-state index contributed by atoms with van der Waals surface area (Å²) in [7, 11) is -1.34. The topological polar surface area (TPSA) is 40.5 Å². The average Bonchev–Trinajstić information content (AvgIpc) is 2.30. The maximum absolute atomic E-state index is 9.10. The minimum Gasteiger partial charge on any atom is -0.423 e. The summed E-state index contributed by atoms with van der Waals surface area (Å²) in [6, 6.07) is 7.71. The number of hydrogen-bond acceptors (Lipinski definition) is 2. The van der Waals surface area contributed by atoms with Crippen LogP contribution in [0.2, 0.25) is 0 Å². The average molecular weight is 204 g/mol. The van der Waals surface area contributed by atoms with E-state index in [2.05, 4.69) is 6.07 Å². The molecule has 0 amide bonds. The predicted molar refractivity (Wildman–Crippen MR) is 62.1 cm³/mol. The van der Waals surface area contributed by atoms with Crippen molar-refractivity contribution in [3.05, 3.63) is 29.8 Å².